The predicted octanol–water partition coefficient (Wildman–Crippen LogP) is 5.12. The number of halogens is 2. The third-order valence-electron chi connectivity index (χ3n) is 4.52. The van der Waals surface area contributed by atoms with Crippen LogP contribution in [0.2, 0.25) is 5.02 Å². The van der Waals surface area contributed by atoms with Gasteiger partial charge in [-0.15, -0.1) is 0 Å². The Hall–Kier alpha value is -3.16. The molecule has 5 nitrogen and oxygen atoms in total. The lowest BCUT2D eigenvalue weighted by Crippen LogP contribution is -2.20. The highest BCUT2D eigenvalue weighted by molar-refractivity contribution is 7.99. The molecule has 1 aromatic heterocycles. The van der Waals surface area contributed by atoms with Gasteiger partial charge in [0.15, 0.2) is 5.16 Å². The zero-order valence-corrected chi connectivity index (χ0v) is 17.9. The van der Waals surface area contributed by atoms with E-state index < -0.39 is 5.82 Å². The number of nitrogens with one attached hydrogen (secondary N) is 1. The summed E-state index contributed by atoms with van der Waals surface area (Å²) >= 11 is 7.27. The molecule has 0 aliphatic heterocycles. The normalized spacial score (nSPS) is 11.3. The number of rotatable bonds is 7. The third-order valence-corrected chi connectivity index (χ3v) is 5.82. The number of para-hydroxylation sites is 2. The van der Waals surface area contributed by atoms with E-state index in [2.05, 4.69) is 32.2 Å². The van der Waals surface area contributed by atoms with E-state index in [1.807, 2.05) is 42.5 Å². The Morgan fingerprint density at radius 1 is 1.10 bits per heavy atom. The summed E-state index contributed by atoms with van der Waals surface area (Å²) in [4.78, 5) is 16.9. The molecule has 8 heteroatoms. The van der Waals surface area contributed by atoms with Crippen molar-refractivity contribution in [1.82, 2.24) is 15.0 Å². The summed E-state index contributed by atoms with van der Waals surface area (Å²) in [6.07, 6.45) is 1.20. The Labute approximate surface area is 187 Å². The van der Waals surface area contributed by atoms with Gasteiger partial charge in [0.1, 0.15) is 5.82 Å². The lowest BCUT2D eigenvalue weighted by molar-refractivity contribution is -0.118. The van der Waals surface area contributed by atoms with E-state index >= 15 is 0 Å². The molecule has 0 radical (unpaired) electrons. The number of imidazole rings is 1. The van der Waals surface area contributed by atoms with Gasteiger partial charge in [-0.25, -0.2) is 14.8 Å². The van der Waals surface area contributed by atoms with Crippen LogP contribution in [0.25, 0.3) is 11.0 Å². The molecule has 0 aliphatic carbocycles. The Morgan fingerprint density at radius 2 is 1.87 bits per heavy atom. The first-order valence-electron chi connectivity index (χ1n) is 9.50. The van der Waals surface area contributed by atoms with Gasteiger partial charge in [-0.05, 0) is 29.8 Å². The smallest absolute Gasteiger partial charge is 0.250 e. The molecule has 0 saturated carbocycles. The zero-order chi connectivity index (χ0) is 21.6. The van der Waals surface area contributed by atoms with Crippen LogP contribution in [0.3, 0.4) is 0 Å². The molecule has 0 atom stereocenters. The largest absolute Gasteiger partial charge is 0.314 e. The van der Waals surface area contributed by atoms with Crippen LogP contribution in [-0.4, -0.2) is 27.4 Å². The molecule has 0 aliphatic rings. The minimum atomic E-state index is -0.505. The molecule has 0 bridgehead atoms. The number of aromatic nitrogens is 2. The fourth-order valence-electron chi connectivity index (χ4n) is 3.05. The summed E-state index contributed by atoms with van der Waals surface area (Å²) in [7, 11) is 0. The summed E-state index contributed by atoms with van der Waals surface area (Å²) in [5.41, 5.74) is 5.55. The van der Waals surface area contributed by atoms with Crippen molar-refractivity contribution < 1.29 is 9.18 Å². The molecule has 4 rings (SSSR count). The van der Waals surface area contributed by atoms with E-state index in [4.69, 9.17) is 11.6 Å². The molecule has 156 valence electrons. The van der Waals surface area contributed by atoms with Crippen LogP contribution in [0, 0.1) is 5.82 Å². The monoisotopic (exact) mass is 452 g/mol. The minimum Gasteiger partial charge on any atom is -0.314 e. The van der Waals surface area contributed by atoms with Crippen molar-refractivity contribution in [3.05, 3.63) is 94.8 Å². The van der Waals surface area contributed by atoms with Crippen LogP contribution in [0.4, 0.5) is 4.39 Å². The first-order valence-corrected chi connectivity index (χ1v) is 10.9. The van der Waals surface area contributed by atoms with Gasteiger partial charge in [0.05, 0.1) is 34.6 Å². The lowest BCUT2D eigenvalue weighted by Gasteiger charge is -2.09. The van der Waals surface area contributed by atoms with Gasteiger partial charge in [-0.1, -0.05) is 71.9 Å². The average Bonchev–Trinajstić information content (AvgIpc) is 3.12. The summed E-state index contributed by atoms with van der Waals surface area (Å²) in [6.45, 7) is 0.648. The standard InChI is InChI=1S/C23H18ClFN4OS/c24-18-9-6-10-19(25)17(18)13-26-28-22(30)15-31-23-27-20-11-4-5-12-21(20)29(23)14-16-7-2-1-3-8-16/h1-13H,14-15H2,(H,28,30). The number of hydrazone groups is 1. The minimum absolute atomic E-state index is 0.112. The van der Waals surface area contributed by atoms with Gasteiger partial charge in [0, 0.05) is 5.56 Å². The quantitative estimate of drug-likeness (QED) is 0.240. The first-order chi connectivity index (χ1) is 15.1. The van der Waals surface area contributed by atoms with E-state index in [9.17, 15) is 9.18 Å². The molecule has 0 unspecified atom stereocenters. The number of benzene rings is 3. The van der Waals surface area contributed by atoms with Crippen molar-refractivity contribution in [2.75, 3.05) is 5.75 Å². The van der Waals surface area contributed by atoms with Crippen molar-refractivity contribution in [2.45, 2.75) is 11.7 Å². The third kappa shape index (κ3) is 5.13. The second kappa shape index (κ2) is 9.76. The molecule has 0 spiro atoms. The number of hydrogen-bond acceptors (Lipinski definition) is 4. The highest BCUT2D eigenvalue weighted by atomic mass is 35.5. The second-order valence-corrected chi connectivity index (χ2v) is 8.02. The second-order valence-electron chi connectivity index (χ2n) is 6.67. The van der Waals surface area contributed by atoms with Crippen LogP contribution < -0.4 is 5.43 Å². The average molecular weight is 453 g/mol. The molecule has 3 aromatic carbocycles. The van der Waals surface area contributed by atoms with Crippen molar-refractivity contribution in [2.24, 2.45) is 5.10 Å². The highest BCUT2D eigenvalue weighted by Gasteiger charge is 2.13. The molecule has 0 fully saturated rings. The zero-order valence-electron chi connectivity index (χ0n) is 16.3. The van der Waals surface area contributed by atoms with E-state index in [1.165, 1.54) is 30.1 Å². The van der Waals surface area contributed by atoms with E-state index in [0.29, 0.717) is 6.54 Å². The van der Waals surface area contributed by atoms with Crippen LogP contribution in [0.15, 0.2) is 83.1 Å². The maximum absolute atomic E-state index is 13.8. The van der Waals surface area contributed by atoms with Crippen LogP contribution in [0.1, 0.15) is 11.1 Å². The Balaban J connectivity index is 1.45. The van der Waals surface area contributed by atoms with Crippen LogP contribution >= 0.6 is 23.4 Å². The van der Waals surface area contributed by atoms with Gasteiger partial charge in [-0.3, -0.25) is 4.79 Å². The molecule has 1 heterocycles. The molecule has 4 aromatic rings. The molecular formula is C23H18ClFN4OS. The molecule has 0 saturated heterocycles. The Bertz CT molecular complexity index is 1220. The number of nitrogens with zero attached hydrogens (tertiary/aromatic N) is 3. The molecule has 31 heavy (non-hydrogen) atoms. The summed E-state index contributed by atoms with van der Waals surface area (Å²) in [6, 6.07) is 22.3. The molecule has 1 N–H and O–H groups in total. The number of amides is 1. The van der Waals surface area contributed by atoms with Crippen LogP contribution in [0.5, 0.6) is 0 Å². The maximum Gasteiger partial charge on any atom is 0.250 e. The molecular weight excluding hydrogens is 435 g/mol. The van der Waals surface area contributed by atoms with Crippen LogP contribution in [-0.2, 0) is 11.3 Å². The fraction of sp³-hybridized carbons (Fsp3) is 0.0870. The van der Waals surface area contributed by atoms with Crippen molar-refractivity contribution >= 4 is 46.5 Å². The summed E-state index contributed by atoms with van der Waals surface area (Å²) in [5, 5.41) is 4.78. The predicted molar refractivity (Wildman–Crippen MR) is 123 cm³/mol. The highest BCUT2D eigenvalue weighted by Crippen LogP contribution is 2.25. The topological polar surface area (TPSA) is 59.3 Å². The van der Waals surface area contributed by atoms with Gasteiger partial charge in [0.25, 0.3) is 5.91 Å². The van der Waals surface area contributed by atoms with E-state index in [-0.39, 0.29) is 22.2 Å². The Kier molecular flexibility index (Phi) is 6.64. The Morgan fingerprint density at radius 3 is 2.68 bits per heavy atom. The van der Waals surface area contributed by atoms with Crippen molar-refractivity contribution in [1.29, 1.82) is 0 Å². The number of fused-ring (bicyclic) bond motifs is 1. The van der Waals surface area contributed by atoms with Gasteiger partial charge >= 0.3 is 0 Å². The van der Waals surface area contributed by atoms with Gasteiger partial charge in [0.2, 0.25) is 0 Å². The van der Waals surface area contributed by atoms with Gasteiger partial charge < -0.3 is 4.57 Å². The number of hydrogen-bond donors (Lipinski definition) is 1. The van der Waals surface area contributed by atoms with E-state index in [1.54, 1.807) is 6.07 Å². The number of carbonyl (C=O) groups is 1. The SMILES string of the molecule is O=C(CSc1nc2ccccc2n1Cc1ccccc1)NN=Cc1c(F)cccc1Cl. The lowest BCUT2D eigenvalue weighted by atomic mass is 10.2. The molecule has 1 amide bonds. The van der Waals surface area contributed by atoms with Gasteiger partial charge in [-0.2, -0.15) is 5.10 Å². The van der Waals surface area contributed by atoms with E-state index in [0.717, 1.165) is 21.8 Å². The number of carbonyl (C=O) groups excluding carboxylic acids is 1. The number of thioether (sulfide) groups is 1. The summed E-state index contributed by atoms with van der Waals surface area (Å²) < 4.78 is 15.9. The first kappa shape index (κ1) is 21.1. The summed E-state index contributed by atoms with van der Waals surface area (Å²) in [5.74, 6) is -0.720. The maximum atomic E-state index is 13.8. The van der Waals surface area contributed by atoms with Crippen molar-refractivity contribution in [3.8, 4) is 0 Å². The fourth-order valence-corrected chi connectivity index (χ4v) is 4.07. The van der Waals surface area contributed by atoms with Crippen molar-refractivity contribution in [3.63, 3.8) is 0 Å².